The molecule has 0 heterocycles. The van der Waals surface area contributed by atoms with Gasteiger partial charge in [-0.25, -0.2) is 9.13 Å². The Hall–Kier alpha value is -1.94. The number of aliphatic hydroxyl groups is 1. The van der Waals surface area contributed by atoms with E-state index < -0.39 is 97.5 Å². The number of unbranched alkanes of at least 4 members (excludes halogenated alkanes) is 40. The molecular formula is C73H142O17P2. The van der Waals surface area contributed by atoms with Crippen molar-refractivity contribution >= 4 is 39.5 Å². The highest BCUT2D eigenvalue weighted by Crippen LogP contribution is 2.45. The van der Waals surface area contributed by atoms with Crippen LogP contribution in [0.4, 0.5) is 0 Å². The zero-order chi connectivity index (χ0) is 67.9. The van der Waals surface area contributed by atoms with Crippen LogP contribution in [0.25, 0.3) is 0 Å². The highest BCUT2D eigenvalue weighted by atomic mass is 31.2. The van der Waals surface area contributed by atoms with Crippen molar-refractivity contribution in [3.63, 3.8) is 0 Å². The quantitative estimate of drug-likeness (QED) is 0.0222. The third-order valence-corrected chi connectivity index (χ3v) is 19.6. The Labute approximate surface area is 562 Å². The van der Waals surface area contributed by atoms with Crippen molar-refractivity contribution in [2.24, 2.45) is 11.8 Å². The van der Waals surface area contributed by atoms with Crippen LogP contribution in [0.2, 0.25) is 0 Å². The lowest BCUT2D eigenvalue weighted by Crippen LogP contribution is -2.30. The number of carbonyl (C=O) groups excluding carboxylic acids is 4. The molecule has 0 saturated heterocycles. The lowest BCUT2D eigenvalue weighted by atomic mass is 9.99. The Bertz CT molecular complexity index is 1790. The molecule has 0 rings (SSSR count). The van der Waals surface area contributed by atoms with Gasteiger partial charge in [-0.05, 0) is 37.5 Å². The molecule has 0 spiro atoms. The van der Waals surface area contributed by atoms with Crippen molar-refractivity contribution < 1.29 is 80.2 Å². The van der Waals surface area contributed by atoms with E-state index in [1.165, 1.54) is 180 Å². The Kier molecular flexibility index (Phi) is 63.7. The molecule has 0 aliphatic heterocycles. The first-order valence-electron chi connectivity index (χ1n) is 38.1. The molecule has 7 atom stereocenters. The molecule has 0 radical (unpaired) electrons. The molecule has 4 unspecified atom stereocenters. The summed E-state index contributed by atoms with van der Waals surface area (Å²) in [4.78, 5) is 72.5. The fraction of sp³-hybridized carbons (Fsp3) is 0.945. The van der Waals surface area contributed by atoms with E-state index in [2.05, 4.69) is 41.5 Å². The third kappa shape index (κ3) is 64.1. The van der Waals surface area contributed by atoms with Gasteiger partial charge in [0, 0.05) is 25.7 Å². The smallest absolute Gasteiger partial charge is 0.462 e. The van der Waals surface area contributed by atoms with E-state index in [4.69, 9.17) is 37.0 Å². The van der Waals surface area contributed by atoms with E-state index in [1.54, 1.807) is 0 Å². The van der Waals surface area contributed by atoms with Gasteiger partial charge >= 0.3 is 39.5 Å². The van der Waals surface area contributed by atoms with Gasteiger partial charge in [-0.1, -0.05) is 324 Å². The van der Waals surface area contributed by atoms with Crippen LogP contribution in [-0.4, -0.2) is 96.7 Å². The van der Waals surface area contributed by atoms with Crippen molar-refractivity contribution in [3.8, 4) is 0 Å². The maximum Gasteiger partial charge on any atom is 0.472 e. The maximum atomic E-state index is 13.1. The topological polar surface area (TPSA) is 237 Å². The second-order valence-electron chi connectivity index (χ2n) is 26.8. The van der Waals surface area contributed by atoms with Gasteiger partial charge in [0.15, 0.2) is 12.2 Å². The molecule has 0 aromatic rings. The molecule has 0 saturated carbocycles. The van der Waals surface area contributed by atoms with Crippen LogP contribution < -0.4 is 0 Å². The molecule has 0 aliphatic rings. The predicted molar refractivity (Wildman–Crippen MR) is 372 cm³/mol. The highest BCUT2D eigenvalue weighted by Gasteiger charge is 2.30. The van der Waals surface area contributed by atoms with Crippen LogP contribution in [-0.2, 0) is 65.4 Å². The Morgan fingerprint density at radius 2 is 0.522 bits per heavy atom. The number of hydrogen-bond acceptors (Lipinski definition) is 15. The summed E-state index contributed by atoms with van der Waals surface area (Å²) < 4.78 is 68.3. The minimum Gasteiger partial charge on any atom is -0.462 e. The average molecular weight is 1350 g/mol. The molecule has 0 amide bonds. The summed E-state index contributed by atoms with van der Waals surface area (Å²) in [5.41, 5.74) is 0. The van der Waals surface area contributed by atoms with Gasteiger partial charge in [-0.2, -0.15) is 0 Å². The van der Waals surface area contributed by atoms with E-state index in [-0.39, 0.29) is 25.7 Å². The molecule has 546 valence electrons. The second kappa shape index (κ2) is 65.0. The Morgan fingerprint density at radius 1 is 0.304 bits per heavy atom. The summed E-state index contributed by atoms with van der Waals surface area (Å²) >= 11 is 0. The second-order valence-corrected chi connectivity index (χ2v) is 29.7. The van der Waals surface area contributed by atoms with E-state index in [9.17, 15) is 43.2 Å². The van der Waals surface area contributed by atoms with Gasteiger partial charge in [0.25, 0.3) is 0 Å². The number of hydrogen-bond donors (Lipinski definition) is 3. The zero-order valence-corrected chi connectivity index (χ0v) is 61.6. The molecule has 0 bridgehead atoms. The summed E-state index contributed by atoms with van der Waals surface area (Å²) in [5, 5.41) is 10.6. The van der Waals surface area contributed by atoms with Crippen molar-refractivity contribution in [2.45, 2.75) is 394 Å². The van der Waals surface area contributed by atoms with Gasteiger partial charge in [-0.3, -0.25) is 37.3 Å². The first-order valence-corrected chi connectivity index (χ1v) is 41.1. The van der Waals surface area contributed by atoms with Crippen molar-refractivity contribution in [2.75, 3.05) is 39.6 Å². The van der Waals surface area contributed by atoms with Crippen LogP contribution in [0.5, 0.6) is 0 Å². The average Bonchev–Trinajstić information content (AvgIpc) is 1.97. The van der Waals surface area contributed by atoms with Gasteiger partial charge in [0.2, 0.25) is 0 Å². The lowest BCUT2D eigenvalue weighted by Gasteiger charge is -2.21. The summed E-state index contributed by atoms with van der Waals surface area (Å²) in [6.07, 6.45) is 51.4. The maximum absolute atomic E-state index is 13.1. The van der Waals surface area contributed by atoms with E-state index in [0.717, 1.165) is 115 Å². The zero-order valence-electron chi connectivity index (χ0n) is 59.9. The van der Waals surface area contributed by atoms with E-state index in [1.807, 2.05) is 0 Å². The number of carbonyl (C=O) groups is 4. The minimum atomic E-state index is -4.95. The predicted octanol–water partition coefficient (Wildman–Crippen LogP) is 21.2. The largest absolute Gasteiger partial charge is 0.472 e. The van der Waals surface area contributed by atoms with Crippen LogP contribution >= 0.6 is 15.6 Å². The number of phosphoric acid groups is 2. The Balaban J connectivity index is 5.20. The van der Waals surface area contributed by atoms with Crippen molar-refractivity contribution in [3.05, 3.63) is 0 Å². The van der Waals surface area contributed by atoms with Gasteiger partial charge in [0.1, 0.15) is 19.3 Å². The number of phosphoric ester groups is 2. The van der Waals surface area contributed by atoms with Crippen LogP contribution in [0.15, 0.2) is 0 Å². The first-order chi connectivity index (χ1) is 44.4. The normalized spacial score (nSPS) is 14.7. The van der Waals surface area contributed by atoms with Crippen LogP contribution in [0, 0.1) is 11.8 Å². The highest BCUT2D eigenvalue weighted by molar-refractivity contribution is 7.47. The number of rotatable bonds is 72. The number of ether oxygens (including phenoxy) is 4. The monoisotopic (exact) mass is 1350 g/mol. The first kappa shape index (κ1) is 90.1. The van der Waals surface area contributed by atoms with Crippen molar-refractivity contribution in [1.29, 1.82) is 0 Å². The summed E-state index contributed by atoms with van der Waals surface area (Å²) in [6, 6.07) is 0. The van der Waals surface area contributed by atoms with E-state index in [0.29, 0.717) is 25.7 Å². The number of esters is 4. The molecule has 17 nitrogen and oxygen atoms in total. The lowest BCUT2D eigenvalue weighted by molar-refractivity contribution is -0.161. The fourth-order valence-electron chi connectivity index (χ4n) is 11.1. The molecule has 0 aliphatic carbocycles. The van der Waals surface area contributed by atoms with Gasteiger partial charge in [0.05, 0.1) is 26.4 Å². The van der Waals surface area contributed by atoms with E-state index >= 15 is 0 Å². The molecule has 92 heavy (non-hydrogen) atoms. The SMILES string of the molecule is CCCCCCCCCCCCCCCCCCCCCC(=O)O[C@H](COC(=O)CCCCCCCCCCCCC(C)CC)COP(=O)(O)OC[C@@H](O)COP(=O)(O)OC[C@@H](COC(=O)CCCCCCCCC)OC(=O)CCCCCCCCCCC(C)CC. The molecule has 3 N–H and O–H groups in total. The third-order valence-electron chi connectivity index (χ3n) is 17.7. The van der Waals surface area contributed by atoms with Crippen LogP contribution in [0.1, 0.15) is 375 Å². The standard InChI is InChI=1S/C73H142O17P2/c1-7-11-13-15-17-18-19-20-21-22-23-24-25-26-27-32-39-45-51-57-72(77)89-69(62-84-71(76)56-50-44-38-31-29-28-30-36-41-47-53-65(5)9-3)64-88-92(81,82)86-60-67(74)59-85-91(79,80)87-63-68(61-83-70(75)55-49-43-35-16-14-12-8-2)90-73(78)58-52-46-40-34-33-37-42-48-54-66(6)10-4/h65-69,74H,7-64H2,1-6H3,(H,79,80)(H,81,82)/t65?,66?,67-,68+,69+/m0/s1. The summed E-state index contributed by atoms with van der Waals surface area (Å²) in [7, 11) is -9.90. The summed E-state index contributed by atoms with van der Waals surface area (Å²) in [5.74, 6) is -0.546. The molecule has 0 aromatic heterocycles. The summed E-state index contributed by atoms with van der Waals surface area (Å²) in [6.45, 7) is 9.55. The molecule has 0 fully saturated rings. The Morgan fingerprint density at radius 3 is 0.772 bits per heavy atom. The molecule has 0 aromatic carbocycles. The van der Waals surface area contributed by atoms with Gasteiger partial charge < -0.3 is 33.8 Å². The minimum absolute atomic E-state index is 0.105. The molecular weight excluding hydrogens is 1210 g/mol. The van der Waals surface area contributed by atoms with Gasteiger partial charge in [-0.15, -0.1) is 0 Å². The fourth-order valence-corrected chi connectivity index (χ4v) is 12.6. The van der Waals surface area contributed by atoms with Crippen molar-refractivity contribution in [1.82, 2.24) is 0 Å². The number of aliphatic hydroxyl groups excluding tert-OH is 1. The molecule has 19 heteroatoms. The van der Waals surface area contributed by atoms with Crippen LogP contribution in [0.3, 0.4) is 0 Å².